The highest BCUT2D eigenvalue weighted by Gasteiger charge is 2.19. The first-order chi connectivity index (χ1) is 17.2. The highest BCUT2D eigenvalue weighted by atomic mass is 15.1. The van der Waals surface area contributed by atoms with Gasteiger partial charge in [-0.1, -0.05) is 91.0 Å². The van der Waals surface area contributed by atoms with Gasteiger partial charge >= 0.3 is 0 Å². The maximum Gasteiger partial charge on any atom is 0.0546 e. The number of aryl methyl sites for hydroxylation is 2. The van der Waals surface area contributed by atoms with Gasteiger partial charge in [-0.05, 0) is 88.5 Å². The van der Waals surface area contributed by atoms with E-state index >= 15 is 0 Å². The zero-order valence-electron chi connectivity index (χ0n) is 20.1. The molecule has 0 bridgehead atoms. The maximum atomic E-state index is 2.40. The van der Waals surface area contributed by atoms with E-state index in [9.17, 15) is 0 Å². The Bertz CT molecular complexity index is 1630. The van der Waals surface area contributed by atoms with Crippen LogP contribution in [0.1, 0.15) is 11.1 Å². The van der Waals surface area contributed by atoms with Crippen molar-refractivity contribution in [3.05, 3.63) is 139 Å². The first-order valence-corrected chi connectivity index (χ1v) is 12.1. The van der Waals surface area contributed by atoms with Crippen molar-refractivity contribution in [2.24, 2.45) is 0 Å². The van der Waals surface area contributed by atoms with Gasteiger partial charge in [0.05, 0.1) is 5.69 Å². The van der Waals surface area contributed by atoms with Crippen molar-refractivity contribution in [2.45, 2.75) is 13.8 Å². The lowest BCUT2D eigenvalue weighted by molar-refractivity contribution is 1.26. The molecule has 0 aromatic heterocycles. The van der Waals surface area contributed by atoms with Crippen LogP contribution in [0, 0.1) is 13.8 Å². The number of fused-ring (bicyclic) bond motifs is 2. The van der Waals surface area contributed by atoms with Crippen LogP contribution in [0.3, 0.4) is 0 Å². The zero-order chi connectivity index (χ0) is 23.8. The molecule has 0 saturated carbocycles. The zero-order valence-corrected chi connectivity index (χ0v) is 20.1. The Kier molecular flexibility index (Phi) is 5.31. The molecule has 0 unspecified atom stereocenters. The number of hydrogen-bond donors (Lipinski definition) is 0. The molecule has 1 heteroatoms. The molecule has 168 valence electrons. The largest absolute Gasteiger partial charge is 0.310 e. The first kappa shape index (κ1) is 21.2. The topological polar surface area (TPSA) is 3.24 Å². The van der Waals surface area contributed by atoms with Crippen molar-refractivity contribution in [3.63, 3.8) is 0 Å². The average Bonchev–Trinajstić information content (AvgIpc) is 2.88. The van der Waals surface area contributed by atoms with Crippen LogP contribution in [-0.2, 0) is 0 Å². The second-order valence-electron chi connectivity index (χ2n) is 9.26. The van der Waals surface area contributed by atoms with E-state index in [0.717, 1.165) is 11.4 Å². The summed E-state index contributed by atoms with van der Waals surface area (Å²) in [7, 11) is 0. The minimum atomic E-state index is 1.16. The van der Waals surface area contributed by atoms with E-state index in [-0.39, 0.29) is 0 Å². The van der Waals surface area contributed by atoms with Gasteiger partial charge in [0.15, 0.2) is 0 Å². The van der Waals surface area contributed by atoms with Crippen LogP contribution < -0.4 is 4.90 Å². The van der Waals surface area contributed by atoms with E-state index in [2.05, 4.69) is 146 Å². The second kappa shape index (κ2) is 8.77. The number of nitrogens with zero attached hydrogens (tertiary/aromatic N) is 1. The lowest BCUT2D eigenvalue weighted by Gasteiger charge is -2.29. The molecule has 0 aliphatic rings. The van der Waals surface area contributed by atoms with Crippen molar-refractivity contribution in [2.75, 3.05) is 4.90 Å². The Morgan fingerprint density at radius 3 is 1.74 bits per heavy atom. The lowest BCUT2D eigenvalue weighted by Crippen LogP contribution is -2.11. The molecule has 6 aromatic carbocycles. The number of anilines is 3. The van der Waals surface area contributed by atoms with Crippen LogP contribution in [0.2, 0.25) is 0 Å². The molecule has 0 saturated heterocycles. The molecule has 0 aliphatic heterocycles. The summed E-state index contributed by atoms with van der Waals surface area (Å²) >= 11 is 0. The standard InChI is InChI=1S/C34H27N/c1-24-9-7-14-30(21-24)35(31-15-8-10-25(2)22-31)33-20-19-27-12-5-6-16-32(27)34(33)29-18-17-26-11-3-4-13-28(26)23-29/h3-23H,1-2H3. The summed E-state index contributed by atoms with van der Waals surface area (Å²) in [4.78, 5) is 2.40. The van der Waals surface area contributed by atoms with Crippen molar-refractivity contribution in [3.8, 4) is 11.1 Å². The van der Waals surface area contributed by atoms with Crippen LogP contribution in [0.5, 0.6) is 0 Å². The summed E-state index contributed by atoms with van der Waals surface area (Å²) in [6, 6.07) is 46.2. The van der Waals surface area contributed by atoms with Crippen molar-refractivity contribution in [1.29, 1.82) is 0 Å². The van der Waals surface area contributed by atoms with Gasteiger partial charge in [-0.15, -0.1) is 0 Å². The number of hydrogen-bond acceptors (Lipinski definition) is 1. The van der Waals surface area contributed by atoms with E-state index in [0.29, 0.717) is 0 Å². The Labute approximate surface area is 206 Å². The third kappa shape index (κ3) is 3.96. The summed E-state index contributed by atoms with van der Waals surface area (Å²) in [6.45, 7) is 4.31. The second-order valence-corrected chi connectivity index (χ2v) is 9.26. The van der Waals surface area contributed by atoms with Crippen LogP contribution in [0.4, 0.5) is 17.1 Å². The van der Waals surface area contributed by atoms with Crippen molar-refractivity contribution < 1.29 is 0 Å². The quantitative estimate of drug-likeness (QED) is 0.259. The van der Waals surface area contributed by atoms with E-state index in [1.807, 2.05) is 0 Å². The van der Waals surface area contributed by atoms with Gasteiger partial charge in [-0.2, -0.15) is 0 Å². The minimum absolute atomic E-state index is 1.16. The summed E-state index contributed by atoms with van der Waals surface area (Å²) in [5.41, 5.74) is 8.45. The highest BCUT2D eigenvalue weighted by Crippen LogP contribution is 2.44. The van der Waals surface area contributed by atoms with Gasteiger partial charge in [0.25, 0.3) is 0 Å². The molecular formula is C34H27N. The molecule has 0 radical (unpaired) electrons. The molecule has 0 aliphatic carbocycles. The molecule has 0 atom stereocenters. The molecular weight excluding hydrogens is 422 g/mol. The van der Waals surface area contributed by atoms with E-state index < -0.39 is 0 Å². The summed E-state index contributed by atoms with van der Waals surface area (Å²) in [5.74, 6) is 0. The summed E-state index contributed by atoms with van der Waals surface area (Å²) in [6.07, 6.45) is 0. The highest BCUT2D eigenvalue weighted by molar-refractivity contribution is 6.06. The Hall–Kier alpha value is -4.36. The SMILES string of the molecule is Cc1cccc(N(c2cccc(C)c2)c2ccc3ccccc3c2-c2ccc3ccccc3c2)c1. The first-order valence-electron chi connectivity index (χ1n) is 12.1. The predicted octanol–water partition coefficient (Wildman–Crippen LogP) is 9.75. The van der Waals surface area contributed by atoms with Gasteiger partial charge in [-0.3, -0.25) is 0 Å². The molecule has 1 nitrogen and oxygen atoms in total. The monoisotopic (exact) mass is 449 g/mol. The normalized spacial score (nSPS) is 11.1. The molecule has 6 rings (SSSR count). The minimum Gasteiger partial charge on any atom is -0.310 e. The molecule has 0 spiro atoms. The van der Waals surface area contributed by atoms with Crippen LogP contribution >= 0.6 is 0 Å². The summed E-state index contributed by atoms with van der Waals surface area (Å²) < 4.78 is 0. The predicted molar refractivity (Wildman–Crippen MR) is 151 cm³/mol. The number of rotatable bonds is 4. The van der Waals surface area contributed by atoms with Gasteiger partial charge in [0.2, 0.25) is 0 Å². The maximum absolute atomic E-state index is 2.40. The Balaban J connectivity index is 1.69. The van der Waals surface area contributed by atoms with Gasteiger partial charge in [0.1, 0.15) is 0 Å². The molecule has 35 heavy (non-hydrogen) atoms. The Morgan fingerprint density at radius 1 is 0.457 bits per heavy atom. The molecule has 0 heterocycles. The third-order valence-electron chi connectivity index (χ3n) is 6.71. The van der Waals surface area contributed by atoms with Gasteiger partial charge in [0, 0.05) is 16.9 Å². The molecule has 0 N–H and O–H groups in total. The van der Waals surface area contributed by atoms with Crippen LogP contribution in [0.25, 0.3) is 32.7 Å². The fraction of sp³-hybridized carbons (Fsp3) is 0.0588. The lowest BCUT2D eigenvalue weighted by atomic mass is 9.93. The van der Waals surface area contributed by atoms with Crippen molar-refractivity contribution >= 4 is 38.6 Å². The fourth-order valence-electron chi connectivity index (χ4n) is 5.06. The van der Waals surface area contributed by atoms with Gasteiger partial charge in [-0.25, -0.2) is 0 Å². The van der Waals surface area contributed by atoms with E-state index in [1.165, 1.54) is 49.5 Å². The average molecular weight is 450 g/mol. The summed E-state index contributed by atoms with van der Waals surface area (Å²) in [5, 5.41) is 5.01. The van der Waals surface area contributed by atoms with Crippen LogP contribution in [0.15, 0.2) is 127 Å². The third-order valence-corrected chi connectivity index (χ3v) is 6.71. The van der Waals surface area contributed by atoms with Crippen LogP contribution in [-0.4, -0.2) is 0 Å². The number of benzene rings is 6. The fourth-order valence-corrected chi connectivity index (χ4v) is 5.06. The molecule has 0 fully saturated rings. The Morgan fingerprint density at radius 2 is 1.06 bits per heavy atom. The smallest absolute Gasteiger partial charge is 0.0546 e. The van der Waals surface area contributed by atoms with Gasteiger partial charge < -0.3 is 4.90 Å². The van der Waals surface area contributed by atoms with Crippen molar-refractivity contribution in [1.82, 2.24) is 0 Å². The van der Waals surface area contributed by atoms with E-state index in [4.69, 9.17) is 0 Å². The molecule has 0 amide bonds. The molecule has 6 aromatic rings. The van der Waals surface area contributed by atoms with E-state index in [1.54, 1.807) is 0 Å².